The van der Waals surface area contributed by atoms with Crippen molar-refractivity contribution in [1.29, 1.82) is 5.26 Å². The van der Waals surface area contributed by atoms with Crippen molar-refractivity contribution in [1.82, 2.24) is 4.98 Å². The molecule has 0 bridgehead atoms. The van der Waals surface area contributed by atoms with E-state index in [1.54, 1.807) is 12.1 Å². The van der Waals surface area contributed by atoms with Gasteiger partial charge in [-0.3, -0.25) is 0 Å². The summed E-state index contributed by atoms with van der Waals surface area (Å²) in [6.45, 7) is -2.87. The number of rotatable bonds is 3. The van der Waals surface area contributed by atoms with Gasteiger partial charge in [0.25, 0.3) is 0 Å². The molecule has 16 heavy (non-hydrogen) atoms. The van der Waals surface area contributed by atoms with Crippen molar-refractivity contribution in [2.75, 3.05) is 0 Å². The van der Waals surface area contributed by atoms with Gasteiger partial charge in [0.1, 0.15) is 10.5 Å². The van der Waals surface area contributed by atoms with Crippen LogP contribution < -0.4 is 4.74 Å². The van der Waals surface area contributed by atoms with Gasteiger partial charge in [-0.05, 0) is 12.1 Å². The number of hydrogen-bond acceptors (Lipinski definition) is 4. The number of thiazole rings is 1. The Morgan fingerprint density at radius 1 is 1.50 bits per heavy atom. The fourth-order valence-corrected chi connectivity index (χ4v) is 2.22. The zero-order valence-electron chi connectivity index (χ0n) is 7.98. The van der Waals surface area contributed by atoms with Crippen LogP contribution in [0.3, 0.4) is 0 Å². The molecule has 0 radical (unpaired) electrons. The largest absolute Gasteiger partial charge is 0.432 e. The smallest absolute Gasteiger partial charge is 0.387 e. The lowest BCUT2D eigenvalue weighted by Crippen LogP contribution is -2.02. The molecule has 82 valence electrons. The predicted octanol–water partition coefficient (Wildman–Crippen LogP) is 2.96. The van der Waals surface area contributed by atoms with Gasteiger partial charge < -0.3 is 4.74 Å². The Kier molecular flexibility index (Phi) is 2.97. The fraction of sp³-hybridized carbons (Fsp3) is 0.200. The summed E-state index contributed by atoms with van der Waals surface area (Å²) in [5.41, 5.74) is 0.387. The third-order valence-corrected chi connectivity index (χ3v) is 2.89. The summed E-state index contributed by atoms with van der Waals surface area (Å²) >= 11 is 1.30. The second-order valence-corrected chi connectivity index (χ2v) is 4.04. The molecule has 1 aromatic heterocycles. The Labute approximate surface area is 93.9 Å². The highest BCUT2D eigenvalue weighted by Gasteiger charge is 2.12. The summed E-state index contributed by atoms with van der Waals surface area (Å²) in [7, 11) is 0. The molecule has 0 N–H and O–H groups in total. The van der Waals surface area contributed by atoms with Gasteiger partial charge in [0, 0.05) is 0 Å². The molecule has 0 saturated heterocycles. The van der Waals surface area contributed by atoms with E-state index in [2.05, 4.69) is 9.72 Å². The minimum Gasteiger partial charge on any atom is -0.432 e. The normalized spacial score (nSPS) is 10.6. The first-order valence-electron chi connectivity index (χ1n) is 4.41. The Bertz CT molecular complexity index is 547. The van der Waals surface area contributed by atoms with Crippen molar-refractivity contribution in [3.05, 3.63) is 23.2 Å². The van der Waals surface area contributed by atoms with Gasteiger partial charge in [-0.2, -0.15) is 14.0 Å². The van der Waals surface area contributed by atoms with Crippen LogP contribution in [0, 0.1) is 11.3 Å². The van der Waals surface area contributed by atoms with Crippen LogP contribution in [0.5, 0.6) is 5.75 Å². The molecule has 0 atom stereocenters. The van der Waals surface area contributed by atoms with Crippen LogP contribution >= 0.6 is 11.3 Å². The highest BCUT2D eigenvalue weighted by Crippen LogP contribution is 2.30. The molecule has 0 unspecified atom stereocenters. The van der Waals surface area contributed by atoms with Crippen LogP contribution in [0.25, 0.3) is 10.2 Å². The van der Waals surface area contributed by atoms with Crippen LogP contribution in [0.2, 0.25) is 0 Å². The van der Waals surface area contributed by atoms with Gasteiger partial charge >= 0.3 is 6.61 Å². The lowest BCUT2D eigenvalue weighted by Gasteiger charge is -2.03. The minimum atomic E-state index is -2.87. The molecule has 1 aromatic carbocycles. The maximum Gasteiger partial charge on any atom is 0.387 e. The number of aromatic nitrogens is 1. The van der Waals surface area contributed by atoms with Gasteiger partial charge in [0.2, 0.25) is 0 Å². The third-order valence-electron chi connectivity index (χ3n) is 1.87. The third kappa shape index (κ3) is 2.09. The highest BCUT2D eigenvalue weighted by atomic mass is 32.1. The first-order chi connectivity index (χ1) is 7.70. The summed E-state index contributed by atoms with van der Waals surface area (Å²) in [6, 6.07) is 6.77. The van der Waals surface area contributed by atoms with E-state index in [1.807, 2.05) is 6.07 Å². The van der Waals surface area contributed by atoms with Crippen LogP contribution in [0.1, 0.15) is 5.01 Å². The molecular weight excluding hydrogens is 234 g/mol. The quantitative estimate of drug-likeness (QED) is 0.828. The Morgan fingerprint density at radius 2 is 2.31 bits per heavy atom. The lowest BCUT2D eigenvalue weighted by molar-refractivity contribution is -0.0489. The van der Waals surface area contributed by atoms with E-state index < -0.39 is 6.61 Å². The lowest BCUT2D eigenvalue weighted by atomic mass is 10.3. The summed E-state index contributed by atoms with van der Waals surface area (Å²) < 4.78 is 29.3. The maximum absolute atomic E-state index is 12.1. The second kappa shape index (κ2) is 4.41. The highest BCUT2D eigenvalue weighted by molar-refractivity contribution is 7.18. The summed E-state index contributed by atoms with van der Waals surface area (Å²) in [6.07, 6.45) is 0.174. The van der Waals surface area contributed by atoms with Crippen LogP contribution in [0.15, 0.2) is 18.2 Å². The number of hydrogen-bond donors (Lipinski definition) is 0. The molecule has 0 saturated carbocycles. The van der Waals surface area contributed by atoms with Crippen molar-refractivity contribution in [2.45, 2.75) is 13.0 Å². The van der Waals surface area contributed by atoms with E-state index in [0.29, 0.717) is 10.5 Å². The summed E-state index contributed by atoms with van der Waals surface area (Å²) in [5, 5.41) is 9.12. The van der Waals surface area contributed by atoms with E-state index in [-0.39, 0.29) is 12.2 Å². The zero-order chi connectivity index (χ0) is 11.5. The molecule has 6 heteroatoms. The van der Waals surface area contributed by atoms with Crippen molar-refractivity contribution in [3.8, 4) is 11.8 Å². The number of benzene rings is 1. The number of nitrogens with zero attached hydrogens (tertiary/aromatic N) is 2. The van der Waals surface area contributed by atoms with Gasteiger partial charge in [0.15, 0.2) is 5.75 Å². The molecule has 0 aliphatic rings. The second-order valence-electron chi connectivity index (χ2n) is 2.92. The Balaban J connectivity index is 2.46. The molecule has 2 aromatic rings. The van der Waals surface area contributed by atoms with E-state index in [1.165, 1.54) is 17.4 Å². The molecule has 0 spiro atoms. The summed E-state index contributed by atoms with van der Waals surface area (Å²) in [5.74, 6) is 0.0490. The first-order valence-corrected chi connectivity index (χ1v) is 5.22. The molecule has 1 heterocycles. The van der Waals surface area contributed by atoms with Crippen LogP contribution in [-0.4, -0.2) is 11.6 Å². The minimum absolute atomic E-state index is 0.0490. The van der Waals surface area contributed by atoms with Crippen molar-refractivity contribution in [3.63, 3.8) is 0 Å². The van der Waals surface area contributed by atoms with Gasteiger partial charge in [-0.1, -0.05) is 6.07 Å². The SMILES string of the molecule is N#CCc1nc2c(OC(F)F)cccc2s1. The van der Waals surface area contributed by atoms with Crippen LogP contribution in [0.4, 0.5) is 8.78 Å². The van der Waals surface area contributed by atoms with Gasteiger partial charge in [0.05, 0.1) is 17.2 Å². The fourth-order valence-electron chi connectivity index (χ4n) is 1.30. The number of para-hydroxylation sites is 1. The first kappa shape index (κ1) is 10.8. The monoisotopic (exact) mass is 240 g/mol. The molecule has 0 amide bonds. The van der Waals surface area contributed by atoms with Gasteiger partial charge in [-0.25, -0.2) is 4.98 Å². The van der Waals surface area contributed by atoms with E-state index in [9.17, 15) is 8.78 Å². The average molecular weight is 240 g/mol. The Morgan fingerprint density at radius 3 is 3.00 bits per heavy atom. The number of fused-ring (bicyclic) bond motifs is 1. The summed E-state index contributed by atoms with van der Waals surface area (Å²) in [4.78, 5) is 4.09. The molecule has 0 aliphatic carbocycles. The molecule has 3 nitrogen and oxygen atoms in total. The number of ether oxygens (including phenoxy) is 1. The average Bonchev–Trinajstić information content (AvgIpc) is 2.61. The topological polar surface area (TPSA) is 45.9 Å². The molecule has 0 fully saturated rings. The zero-order valence-corrected chi connectivity index (χ0v) is 8.80. The number of alkyl halides is 2. The van der Waals surface area contributed by atoms with E-state index in [4.69, 9.17) is 5.26 Å². The predicted molar refractivity (Wildman–Crippen MR) is 55.6 cm³/mol. The molecule has 0 aliphatic heterocycles. The van der Waals surface area contributed by atoms with Gasteiger partial charge in [-0.15, -0.1) is 11.3 Å². The van der Waals surface area contributed by atoms with Crippen LogP contribution in [-0.2, 0) is 6.42 Å². The Hall–Kier alpha value is -1.74. The van der Waals surface area contributed by atoms with E-state index >= 15 is 0 Å². The molecular formula is C10H6F2N2OS. The molecule has 2 rings (SSSR count). The van der Waals surface area contributed by atoms with Crippen molar-refractivity contribution < 1.29 is 13.5 Å². The van der Waals surface area contributed by atoms with Crippen molar-refractivity contribution in [2.24, 2.45) is 0 Å². The standard InChI is InChI=1S/C10H6F2N2OS/c11-10(12)15-6-2-1-3-7-9(6)14-8(16-7)4-5-13/h1-3,10H,4H2. The van der Waals surface area contributed by atoms with E-state index in [0.717, 1.165) is 4.70 Å². The maximum atomic E-state index is 12.1. The number of nitriles is 1. The van der Waals surface area contributed by atoms with Crippen molar-refractivity contribution >= 4 is 21.6 Å². The number of halogens is 2.